The minimum absolute atomic E-state index is 0.0189. The van der Waals surface area contributed by atoms with Crippen molar-refractivity contribution < 1.29 is 24.4 Å². The number of hydrazone groups is 1. The molecule has 0 saturated carbocycles. The second-order valence-corrected chi connectivity index (χ2v) is 6.48. The highest BCUT2D eigenvalue weighted by atomic mass is 79.9. The van der Waals surface area contributed by atoms with E-state index >= 15 is 0 Å². The Morgan fingerprint density at radius 3 is 2.54 bits per heavy atom. The summed E-state index contributed by atoms with van der Waals surface area (Å²) < 4.78 is 5.01. The van der Waals surface area contributed by atoms with Gasteiger partial charge in [0.25, 0.3) is 5.69 Å². The van der Waals surface area contributed by atoms with Gasteiger partial charge >= 0.3 is 5.97 Å². The summed E-state index contributed by atoms with van der Waals surface area (Å²) in [5, 5.41) is 25.0. The number of hydrogen-bond acceptors (Lipinski definition) is 8. The molecule has 0 aliphatic carbocycles. The number of carbonyl (C=O) groups excluding carboxylic acids is 2. The smallest absolute Gasteiger partial charge is 0.331 e. The number of halogens is 1. The van der Waals surface area contributed by atoms with Crippen LogP contribution in [0.5, 0.6) is 0 Å². The van der Waals surface area contributed by atoms with E-state index in [1.54, 1.807) is 6.92 Å². The predicted octanol–water partition coefficient (Wildman–Crippen LogP) is 1.28. The van der Waals surface area contributed by atoms with Gasteiger partial charge in [0.2, 0.25) is 5.78 Å². The summed E-state index contributed by atoms with van der Waals surface area (Å²) >= 11 is 3.08. The average Bonchev–Trinajstić information content (AvgIpc) is 3.06. The van der Waals surface area contributed by atoms with Gasteiger partial charge in [-0.1, -0.05) is 28.1 Å². The summed E-state index contributed by atoms with van der Waals surface area (Å²) in [6, 6.07) is 4.49. The fourth-order valence-electron chi connectivity index (χ4n) is 2.54. The van der Waals surface area contributed by atoms with Crippen LogP contribution in [0.25, 0.3) is 0 Å². The molecule has 1 aliphatic rings. The van der Waals surface area contributed by atoms with Crippen molar-refractivity contribution in [2.45, 2.75) is 31.4 Å². The molecule has 9 nitrogen and oxygen atoms in total. The van der Waals surface area contributed by atoms with Crippen molar-refractivity contribution in [3.8, 4) is 0 Å². The first-order valence-electron chi connectivity index (χ1n) is 7.80. The predicted molar refractivity (Wildman–Crippen MR) is 96.3 cm³/mol. The highest BCUT2D eigenvalue weighted by Crippen LogP contribution is 2.30. The van der Waals surface area contributed by atoms with Gasteiger partial charge in [0, 0.05) is 17.5 Å². The zero-order chi connectivity index (χ0) is 19.5. The SMILES string of the molecule is CCOC(=O)[C@H]1NN=C(C(=O)[C@](C)(O)CBr)[C@H]1c1ccc([N+](=O)[O-])cc1. The summed E-state index contributed by atoms with van der Waals surface area (Å²) in [5.74, 6) is -2.11. The number of non-ortho nitro benzene ring substituents is 1. The van der Waals surface area contributed by atoms with Gasteiger partial charge in [-0.3, -0.25) is 20.3 Å². The van der Waals surface area contributed by atoms with Crippen molar-refractivity contribution >= 4 is 39.1 Å². The van der Waals surface area contributed by atoms with Crippen LogP contribution in [-0.4, -0.2) is 51.1 Å². The first-order chi connectivity index (χ1) is 12.2. The van der Waals surface area contributed by atoms with Crippen LogP contribution in [0.3, 0.4) is 0 Å². The molecule has 0 saturated heterocycles. The molecule has 0 spiro atoms. The maximum absolute atomic E-state index is 12.7. The summed E-state index contributed by atoms with van der Waals surface area (Å²) in [5.41, 5.74) is 1.17. The van der Waals surface area contributed by atoms with E-state index in [-0.39, 0.29) is 23.3 Å². The van der Waals surface area contributed by atoms with Gasteiger partial charge in [0.05, 0.1) is 17.4 Å². The van der Waals surface area contributed by atoms with Crippen molar-refractivity contribution in [3.63, 3.8) is 0 Å². The van der Waals surface area contributed by atoms with Gasteiger partial charge in [-0.2, -0.15) is 5.10 Å². The van der Waals surface area contributed by atoms with Crippen LogP contribution in [0.1, 0.15) is 25.3 Å². The maximum atomic E-state index is 12.7. The molecular formula is C16H18BrN3O6. The Morgan fingerprint density at radius 2 is 2.04 bits per heavy atom. The minimum Gasteiger partial charge on any atom is -0.464 e. The number of esters is 1. The zero-order valence-corrected chi connectivity index (χ0v) is 15.7. The van der Waals surface area contributed by atoms with Gasteiger partial charge in [-0.05, 0) is 19.4 Å². The number of aliphatic hydroxyl groups is 1. The van der Waals surface area contributed by atoms with E-state index in [4.69, 9.17) is 4.74 Å². The lowest BCUT2D eigenvalue weighted by molar-refractivity contribution is -0.384. The molecule has 3 atom stereocenters. The van der Waals surface area contributed by atoms with Crippen molar-refractivity contribution in [2.24, 2.45) is 5.10 Å². The van der Waals surface area contributed by atoms with Crippen LogP contribution in [0.4, 0.5) is 5.69 Å². The normalized spacial score (nSPS) is 21.3. The van der Waals surface area contributed by atoms with E-state index in [0.29, 0.717) is 5.56 Å². The lowest BCUT2D eigenvalue weighted by Crippen LogP contribution is -2.45. The largest absolute Gasteiger partial charge is 0.464 e. The third-order valence-corrected chi connectivity index (χ3v) is 5.03. The molecule has 2 rings (SSSR count). The topological polar surface area (TPSA) is 131 Å². The summed E-state index contributed by atoms with van der Waals surface area (Å²) in [7, 11) is 0. The van der Waals surface area contributed by atoms with Gasteiger partial charge in [0.15, 0.2) is 6.04 Å². The molecule has 1 heterocycles. The van der Waals surface area contributed by atoms with Crippen molar-refractivity contribution in [1.29, 1.82) is 0 Å². The van der Waals surface area contributed by atoms with Crippen LogP contribution in [0.15, 0.2) is 29.4 Å². The number of Topliss-reactive ketones (excluding diaryl/α,β-unsaturated/α-hetero) is 1. The number of benzene rings is 1. The van der Waals surface area contributed by atoms with Crippen LogP contribution in [0.2, 0.25) is 0 Å². The highest BCUT2D eigenvalue weighted by Gasteiger charge is 2.46. The van der Waals surface area contributed by atoms with Crippen LogP contribution in [0, 0.1) is 10.1 Å². The Hall–Kier alpha value is -2.33. The number of hydrogen-bond donors (Lipinski definition) is 2. The number of carbonyl (C=O) groups is 2. The van der Waals surface area contributed by atoms with Gasteiger partial charge in [-0.25, -0.2) is 4.79 Å². The Morgan fingerprint density at radius 1 is 1.42 bits per heavy atom. The molecule has 0 aromatic heterocycles. The molecular weight excluding hydrogens is 410 g/mol. The summed E-state index contributed by atoms with van der Waals surface area (Å²) in [4.78, 5) is 35.2. The minimum atomic E-state index is -1.72. The lowest BCUT2D eigenvalue weighted by Gasteiger charge is -2.23. The van der Waals surface area contributed by atoms with E-state index in [0.717, 1.165) is 0 Å². The fourth-order valence-corrected chi connectivity index (χ4v) is 2.80. The van der Waals surface area contributed by atoms with Gasteiger partial charge in [-0.15, -0.1) is 0 Å². The molecule has 0 bridgehead atoms. The monoisotopic (exact) mass is 427 g/mol. The summed E-state index contributed by atoms with van der Waals surface area (Å²) in [6.45, 7) is 3.12. The second kappa shape index (κ2) is 7.92. The maximum Gasteiger partial charge on any atom is 0.331 e. The Balaban J connectivity index is 2.43. The number of nitro groups is 1. The third kappa shape index (κ3) is 3.91. The Bertz CT molecular complexity index is 747. The van der Waals surface area contributed by atoms with Crippen LogP contribution in [-0.2, 0) is 14.3 Å². The number of alkyl halides is 1. The molecule has 1 aliphatic heterocycles. The molecule has 140 valence electrons. The summed E-state index contributed by atoms with van der Waals surface area (Å²) in [6.07, 6.45) is 0. The van der Waals surface area contributed by atoms with E-state index in [9.17, 15) is 24.8 Å². The molecule has 1 aromatic carbocycles. The van der Waals surface area contributed by atoms with E-state index < -0.39 is 34.2 Å². The number of nitro benzene ring substituents is 1. The van der Waals surface area contributed by atoms with E-state index in [1.807, 2.05) is 0 Å². The first kappa shape index (κ1) is 20.0. The number of ketones is 1. The highest BCUT2D eigenvalue weighted by molar-refractivity contribution is 9.09. The fraction of sp³-hybridized carbons (Fsp3) is 0.438. The van der Waals surface area contributed by atoms with Crippen molar-refractivity contribution in [3.05, 3.63) is 39.9 Å². The molecule has 0 radical (unpaired) electrons. The quantitative estimate of drug-likeness (QED) is 0.290. The molecule has 26 heavy (non-hydrogen) atoms. The first-order valence-corrected chi connectivity index (χ1v) is 8.92. The Labute approximate surface area is 157 Å². The molecule has 0 fully saturated rings. The number of nitrogens with zero attached hydrogens (tertiary/aromatic N) is 2. The van der Waals surface area contributed by atoms with Gasteiger partial charge < -0.3 is 9.84 Å². The molecule has 10 heteroatoms. The number of rotatable bonds is 7. The lowest BCUT2D eigenvalue weighted by atomic mass is 9.83. The van der Waals surface area contributed by atoms with Crippen molar-refractivity contribution in [2.75, 3.05) is 11.9 Å². The van der Waals surface area contributed by atoms with Crippen LogP contribution < -0.4 is 5.43 Å². The molecule has 2 N–H and O–H groups in total. The average molecular weight is 428 g/mol. The molecule has 0 unspecified atom stereocenters. The second-order valence-electron chi connectivity index (χ2n) is 5.92. The Kier molecular flexibility index (Phi) is 6.09. The molecule has 1 aromatic rings. The van der Waals surface area contributed by atoms with E-state index in [1.165, 1.54) is 31.2 Å². The number of ether oxygens (including phenoxy) is 1. The van der Waals surface area contributed by atoms with Gasteiger partial charge in [0.1, 0.15) is 11.3 Å². The number of nitrogens with one attached hydrogen (secondary N) is 1. The standard InChI is InChI=1S/C16H18BrN3O6/c1-3-26-15(22)13-11(9-4-6-10(7-5-9)20(24)25)12(18-19-13)14(21)16(2,23)8-17/h4-7,11,13,19,23H,3,8H2,1-2H3/t11-,13+,16-/m1/s1. The van der Waals surface area contributed by atoms with E-state index in [2.05, 4.69) is 26.5 Å². The molecule has 0 amide bonds. The van der Waals surface area contributed by atoms with Crippen molar-refractivity contribution in [1.82, 2.24) is 5.43 Å². The third-order valence-electron chi connectivity index (χ3n) is 3.94. The van der Waals surface area contributed by atoms with Crippen LogP contribution >= 0.6 is 15.9 Å². The zero-order valence-electron chi connectivity index (χ0n) is 14.1.